The number of Topliss-reactive ketones (excluding diaryl/α,β-unsaturated/α-hetero) is 1. The number of carbonyl (C=O) groups is 1. The second kappa shape index (κ2) is 4.89. The zero-order valence-electron chi connectivity index (χ0n) is 10.4. The molecule has 7 heteroatoms. The zero-order valence-corrected chi connectivity index (χ0v) is 10.4. The van der Waals surface area contributed by atoms with E-state index in [2.05, 4.69) is 20.2 Å². The average molecular weight is 260 g/mol. The maximum Gasteiger partial charge on any atom is 0.323 e. The molecule has 0 atom stereocenters. The fraction of sp³-hybridized carbons (Fsp3) is 0.167. The van der Waals surface area contributed by atoms with Crippen LogP contribution >= 0.6 is 0 Å². The number of nitrogens with one attached hydrogen (secondary N) is 2. The molecule has 0 aliphatic rings. The van der Waals surface area contributed by atoms with Crippen molar-refractivity contribution in [3.63, 3.8) is 0 Å². The van der Waals surface area contributed by atoms with Crippen LogP contribution in [0.4, 0.5) is 5.69 Å². The van der Waals surface area contributed by atoms with Gasteiger partial charge < -0.3 is 15.1 Å². The molecule has 0 bridgehead atoms. The lowest BCUT2D eigenvalue weighted by molar-refractivity contribution is -0.113. The summed E-state index contributed by atoms with van der Waals surface area (Å²) in [6.45, 7) is 2.66. The number of hydrogen-bond donors (Lipinski definition) is 3. The van der Waals surface area contributed by atoms with Gasteiger partial charge in [-0.2, -0.15) is 5.11 Å². The molecule has 1 aromatic heterocycles. The molecule has 1 aromatic carbocycles. The summed E-state index contributed by atoms with van der Waals surface area (Å²) in [4.78, 5) is 27.5. The molecule has 3 N–H and O–H groups in total. The topological polar surface area (TPSA) is 111 Å². The van der Waals surface area contributed by atoms with Gasteiger partial charge in [0.1, 0.15) is 5.76 Å². The number of fused-ring (bicyclic) bond motifs is 1. The Morgan fingerprint density at radius 3 is 2.53 bits per heavy atom. The second-order valence-corrected chi connectivity index (χ2v) is 4.00. The first-order valence-corrected chi connectivity index (χ1v) is 5.52. The Bertz CT molecular complexity index is 748. The van der Waals surface area contributed by atoms with Gasteiger partial charge in [0.05, 0.1) is 16.7 Å². The molecule has 0 unspecified atom stereocenters. The van der Waals surface area contributed by atoms with E-state index in [1.165, 1.54) is 13.8 Å². The molecule has 0 aliphatic carbocycles. The van der Waals surface area contributed by atoms with Crippen LogP contribution in [0.5, 0.6) is 0 Å². The molecule has 0 fully saturated rings. The minimum absolute atomic E-state index is 0.0948. The molecule has 0 amide bonds. The fourth-order valence-electron chi connectivity index (χ4n) is 1.59. The number of aliphatic hydroxyl groups is 1. The van der Waals surface area contributed by atoms with Crippen LogP contribution in [0, 0.1) is 0 Å². The summed E-state index contributed by atoms with van der Waals surface area (Å²) < 4.78 is 0. The van der Waals surface area contributed by atoms with Crippen molar-refractivity contribution in [2.45, 2.75) is 13.8 Å². The zero-order chi connectivity index (χ0) is 14.0. The summed E-state index contributed by atoms with van der Waals surface area (Å²) in [7, 11) is 0. The summed E-state index contributed by atoms with van der Waals surface area (Å²) in [6, 6.07) is 4.92. The van der Waals surface area contributed by atoms with Crippen LogP contribution < -0.4 is 5.69 Å². The molecule has 2 aromatic rings. The molecular formula is C12H12N4O3. The number of ketones is 1. The molecule has 98 valence electrons. The van der Waals surface area contributed by atoms with Crippen molar-refractivity contribution in [3.05, 3.63) is 40.1 Å². The number of benzene rings is 1. The Balaban J connectivity index is 2.38. The summed E-state index contributed by atoms with van der Waals surface area (Å²) >= 11 is 0. The Hall–Kier alpha value is -2.70. The summed E-state index contributed by atoms with van der Waals surface area (Å²) in [6.07, 6.45) is 0. The van der Waals surface area contributed by atoms with Crippen molar-refractivity contribution in [1.29, 1.82) is 0 Å². The number of nitrogens with zero attached hydrogens (tertiary/aromatic N) is 2. The van der Waals surface area contributed by atoms with E-state index in [1.54, 1.807) is 18.2 Å². The third kappa shape index (κ3) is 2.76. The standard InChI is InChI=1S/C12H12N4O3/c1-6(17)11(7(2)18)16-15-8-3-4-9-10(5-8)14-12(19)13-9/h3-5,17H,1-2H3,(H2,13,14,19)/b11-6-,16-15?. The Morgan fingerprint density at radius 2 is 1.89 bits per heavy atom. The summed E-state index contributed by atoms with van der Waals surface area (Å²) in [5.74, 6) is -0.563. The highest BCUT2D eigenvalue weighted by Gasteiger charge is 2.06. The Kier molecular flexibility index (Phi) is 3.28. The van der Waals surface area contributed by atoms with Gasteiger partial charge in [0.15, 0.2) is 11.5 Å². The molecule has 0 aliphatic heterocycles. The van der Waals surface area contributed by atoms with Gasteiger partial charge in [-0.05, 0) is 25.1 Å². The molecule has 0 radical (unpaired) electrons. The number of allylic oxidation sites excluding steroid dienone is 2. The van der Waals surface area contributed by atoms with Gasteiger partial charge in [0.25, 0.3) is 0 Å². The lowest BCUT2D eigenvalue weighted by atomic mass is 10.3. The van der Waals surface area contributed by atoms with Crippen molar-refractivity contribution >= 4 is 22.5 Å². The predicted molar refractivity (Wildman–Crippen MR) is 69.4 cm³/mol. The molecule has 0 saturated heterocycles. The number of aliphatic hydroxyl groups excluding tert-OH is 1. The van der Waals surface area contributed by atoms with Crippen molar-refractivity contribution < 1.29 is 9.90 Å². The average Bonchev–Trinajstić information content (AvgIpc) is 2.67. The van der Waals surface area contributed by atoms with E-state index in [9.17, 15) is 14.7 Å². The van der Waals surface area contributed by atoms with Gasteiger partial charge in [-0.1, -0.05) is 0 Å². The van der Waals surface area contributed by atoms with E-state index in [4.69, 9.17) is 0 Å². The predicted octanol–water partition coefficient (Wildman–Crippen LogP) is 2.32. The number of rotatable bonds is 3. The van der Waals surface area contributed by atoms with Crippen LogP contribution in [0.2, 0.25) is 0 Å². The van der Waals surface area contributed by atoms with Crippen molar-refractivity contribution in [2.24, 2.45) is 10.2 Å². The third-order valence-corrected chi connectivity index (χ3v) is 2.44. The van der Waals surface area contributed by atoms with E-state index in [-0.39, 0.29) is 22.9 Å². The smallest absolute Gasteiger partial charge is 0.323 e. The van der Waals surface area contributed by atoms with Crippen molar-refractivity contribution in [3.8, 4) is 0 Å². The molecule has 7 nitrogen and oxygen atoms in total. The fourth-order valence-corrected chi connectivity index (χ4v) is 1.59. The van der Waals surface area contributed by atoms with Crippen LogP contribution in [-0.4, -0.2) is 20.9 Å². The first kappa shape index (κ1) is 12.7. The number of azo groups is 1. The van der Waals surface area contributed by atoms with E-state index in [0.717, 1.165) is 0 Å². The monoisotopic (exact) mass is 260 g/mol. The van der Waals surface area contributed by atoms with E-state index in [0.29, 0.717) is 16.7 Å². The van der Waals surface area contributed by atoms with Crippen LogP contribution in [0.1, 0.15) is 13.8 Å². The number of aromatic amines is 2. The lowest BCUT2D eigenvalue weighted by Crippen LogP contribution is -1.99. The quantitative estimate of drug-likeness (QED) is 0.447. The second-order valence-electron chi connectivity index (χ2n) is 4.00. The summed E-state index contributed by atoms with van der Waals surface area (Å²) in [5.41, 5.74) is 1.31. The molecule has 19 heavy (non-hydrogen) atoms. The SMILES string of the molecule is CC(=O)/C(N=Nc1ccc2[nH]c(=O)[nH]c2c1)=C(\C)O. The van der Waals surface area contributed by atoms with Crippen molar-refractivity contribution in [1.82, 2.24) is 9.97 Å². The molecular weight excluding hydrogens is 248 g/mol. The third-order valence-electron chi connectivity index (χ3n) is 2.44. The van der Waals surface area contributed by atoms with Gasteiger partial charge in [0, 0.05) is 6.92 Å². The number of aromatic nitrogens is 2. The first-order valence-electron chi connectivity index (χ1n) is 5.52. The molecule has 1 heterocycles. The number of H-pyrrole nitrogens is 2. The highest BCUT2D eigenvalue weighted by atomic mass is 16.3. The highest BCUT2D eigenvalue weighted by molar-refractivity contribution is 5.93. The van der Waals surface area contributed by atoms with Gasteiger partial charge in [-0.3, -0.25) is 4.79 Å². The summed E-state index contributed by atoms with van der Waals surface area (Å²) in [5, 5.41) is 16.9. The van der Waals surface area contributed by atoms with Gasteiger partial charge in [0.2, 0.25) is 0 Å². The van der Waals surface area contributed by atoms with Gasteiger partial charge >= 0.3 is 5.69 Å². The molecule has 0 spiro atoms. The van der Waals surface area contributed by atoms with E-state index < -0.39 is 0 Å². The lowest BCUT2D eigenvalue weighted by Gasteiger charge is -1.97. The van der Waals surface area contributed by atoms with Crippen LogP contribution in [0.3, 0.4) is 0 Å². The highest BCUT2D eigenvalue weighted by Crippen LogP contribution is 2.19. The Labute approximate surface area is 107 Å². The molecule has 0 saturated carbocycles. The number of imidazole rings is 1. The van der Waals surface area contributed by atoms with E-state index >= 15 is 0 Å². The Morgan fingerprint density at radius 1 is 1.21 bits per heavy atom. The molecule has 2 rings (SSSR count). The van der Waals surface area contributed by atoms with Gasteiger partial charge in [-0.25, -0.2) is 4.79 Å². The van der Waals surface area contributed by atoms with E-state index in [1.807, 2.05) is 0 Å². The normalized spacial score (nSPS) is 12.9. The maximum atomic E-state index is 11.2. The minimum atomic E-state index is -0.375. The maximum absolute atomic E-state index is 11.2. The largest absolute Gasteiger partial charge is 0.510 e. The first-order chi connectivity index (χ1) is 8.97. The van der Waals surface area contributed by atoms with Crippen LogP contribution in [0.25, 0.3) is 11.0 Å². The minimum Gasteiger partial charge on any atom is -0.510 e. The van der Waals surface area contributed by atoms with Crippen LogP contribution in [-0.2, 0) is 4.79 Å². The van der Waals surface area contributed by atoms with Gasteiger partial charge in [-0.15, -0.1) is 5.11 Å². The van der Waals surface area contributed by atoms with Crippen LogP contribution in [0.15, 0.2) is 44.7 Å². The van der Waals surface area contributed by atoms with Crippen molar-refractivity contribution in [2.75, 3.05) is 0 Å². The number of carbonyl (C=O) groups excluding carboxylic acids is 1. The number of hydrogen-bond acceptors (Lipinski definition) is 5.